The first-order valence-corrected chi connectivity index (χ1v) is 8.11. The van der Waals surface area contributed by atoms with Crippen LogP contribution in [0.4, 0.5) is 10.1 Å². The second kappa shape index (κ2) is 7.64. The lowest BCUT2D eigenvalue weighted by Crippen LogP contribution is -2.19. The molecular formula is C18H17ClFNO3. The van der Waals surface area contributed by atoms with Gasteiger partial charge in [-0.3, -0.25) is 4.79 Å². The Morgan fingerprint density at radius 2 is 2.17 bits per heavy atom. The Balaban J connectivity index is 1.70. The third-order valence-corrected chi connectivity index (χ3v) is 4.05. The molecule has 2 aromatic rings. The summed E-state index contributed by atoms with van der Waals surface area (Å²) < 4.78 is 24.5. The van der Waals surface area contributed by atoms with Gasteiger partial charge in [0.05, 0.1) is 16.7 Å². The van der Waals surface area contributed by atoms with Crippen molar-refractivity contribution in [3.63, 3.8) is 0 Å². The number of amides is 1. The minimum Gasteiger partial charge on any atom is -0.490 e. The van der Waals surface area contributed by atoms with Crippen molar-refractivity contribution >= 4 is 23.2 Å². The first-order chi connectivity index (χ1) is 11.6. The summed E-state index contributed by atoms with van der Waals surface area (Å²) in [6.45, 7) is 1.16. The summed E-state index contributed by atoms with van der Waals surface area (Å²) in [4.78, 5) is 12.5. The van der Waals surface area contributed by atoms with Crippen molar-refractivity contribution in [1.82, 2.24) is 0 Å². The molecule has 1 amide bonds. The zero-order chi connectivity index (χ0) is 16.9. The summed E-state index contributed by atoms with van der Waals surface area (Å²) in [5, 5.41) is 2.65. The number of nitrogens with one attached hydrogen (secondary N) is 1. The van der Waals surface area contributed by atoms with E-state index in [-0.39, 0.29) is 17.0 Å². The Morgan fingerprint density at radius 1 is 1.33 bits per heavy atom. The number of carbonyl (C=O) groups is 1. The van der Waals surface area contributed by atoms with Crippen molar-refractivity contribution in [2.24, 2.45) is 0 Å². The summed E-state index contributed by atoms with van der Waals surface area (Å²) in [5.41, 5.74) is 0.816. The molecule has 3 rings (SSSR count). The van der Waals surface area contributed by atoms with Crippen molar-refractivity contribution in [2.75, 3.05) is 18.5 Å². The predicted molar refractivity (Wildman–Crippen MR) is 90.3 cm³/mol. The molecule has 0 aliphatic carbocycles. The van der Waals surface area contributed by atoms with E-state index in [1.165, 1.54) is 18.2 Å². The van der Waals surface area contributed by atoms with E-state index in [4.69, 9.17) is 21.1 Å². The summed E-state index contributed by atoms with van der Waals surface area (Å²) in [6, 6.07) is 11.0. The maximum absolute atomic E-state index is 13.2. The second-order valence-corrected chi connectivity index (χ2v) is 5.93. The number of rotatable bonds is 5. The molecule has 0 saturated carbocycles. The molecule has 0 bridgehead atoms. The molecule has 126 valence electrons. The van der Waals surface area contributed by atoms with Gasteiger partial charge in [0.1, 0.15) is 18.2 Å². The van der Waals surface area contributed by atoms with Crippen molar-refractivity contribution in [3.05, 3.63) is 58.9 Å². The summed E-state index contributed by atoms with van der Waals surface area (Å²) >= 11 is 5.73. The Hall–Kier alpha value is -2.11. The van der Waals surface area contributed by atoms with E-state index < -0.39 is 5.82 Å². The number of ether oxygens (including phenoxy) is 2. The van der Waals surface area contributed by atoms with Gasteiger partial charge in [-0.15, -0.1) is 0 Å². The van der Waals surface area contributed by atoms with Crippen molar-refractivity contribution in [2.45, 2.75) is 18.9 Å². The molecule has 0 unspecified atom stereocenters. The first kappa shape index (κ1) is 16.7. The monoisotopic (exact) mass is 349 g/mol. The van der Waals surface area contributed by atoms with E-state index in [9.17, 15) is 9.18 Å². The van der Waals surface area contributed by atoms with Crippen molar-refractivity contribution < 1.29 is 18.7 Å². The summed E-state index contributed by atoms with van der Waals surface area (Å²) in [6.07, 6.45) is 2.06. The molecular weight excluding hydrogens is 333 g/mol. The molecule has 1 heterocycles. The van der Waals surface area contributed by atoms with E-state index in [2.05, 4.69) is 5.32 Å². The SMILES string of the molecule is O=C(Nc1ccc(F)c(Cl)c1)c1ccccc1OC[C@@H]1CCCO1. The number of benzene rings is 2. The van der Waals surface area contributed by atoms with Gasteiger partial charge in [-0.1, -0.05) is 23.7 Å². The van der Waals surface area contributed by atoms with Crippen LogP contribution in [0.15, 0.2) is 42.5 Å². The van der Waals surface area contributed by atoms with Crippen LogP contribution in [-0.2, 0) is 4.74 Å². The molecule has 6 heteroatoms. The minimum atomic E-state index is -0.532. The van der Waals surface area contributed by atoms with E-state index >= 15 is 0 Å². The molecule has 1 aliphatic heterocycles. The molecule has 0 radical (unpaired) electrons. The van der Waals surface area contributed by atoms with Crippen LogP contribution in [-0.4, -0.2) is 25.2 Å². The summed E-state index contributed by atoms with van der Waals surface area (Å²) in [7, 11) is 0. The van der Waals surface area contributed by atoms with Crippen LogP contribution in [0.5, 0.6) is 5.75 Å². The fraction of sp³-hybridized carbons (Fsp3) is 0.278. The average Bonchev–Trinajstić information content (AvgIpc) is 3.10. The average molecular weight is 350 g/mol. The number of anilines is 1. The third-order valence-electron chi connectivity index (χ3n) is 3.76. The van der Waals surface area contributed by atoms with Crippen LogP contribution in [0.3, 0.4) is 0 Å². The maximum Gasteiger partial charge on any atom is 0.259 e. The van der Waals surface area contributed by atoms with E-state index in [0.717, 1.165) is 19.4 Å². The molecule has 24 heavy (non-hydrogen) atoms. The van der Waals surface area contributed by atoms with Crippen LogP contribution >= 0.6 is 11.6 Å². The van der Waals surface area contributed by atoms with Crippen LogP contribution in [0, 0.1) is 5.82 Å². The van der Waals surface area contributed by atoms with E-state index in [1.807, 2.05) is 0 Å². The van der Waals surface area contributed by atoms with Gasteiger partial charge in [-0.2, -0.15) is 0 Å². The fourth-order valence-electron chi connectivity index (χ4n) is 2.51. The van der Waals surface area contributed by atoms with Crippen molar-refractivity contribution in [3.8, 4) is 5.75 Å². The highest BCUT2D eigenvalue weighted by Gasteiger charge is 2.18. The van der Waals surface area contributed by atoms with Gasteiger partial charge >= 0.3 is 0 Å². The number of hydrogen-bond donors (Lipinski definition) is 1. The molecule has 2 aromatic carbocycles. The normalized spacial score (nSPS) is 16.8. The highest BCUT2D eigenvalue weighted by molar-refractivity contribution is 6.31. The van der Waals surface area contributed by atoms with Gasteiger partial charge in [-0.05, 0) is 43.2 Å². The standard InChI is InChI=1S/C18H17ClFNO3/c19-15-10-12(7-8-16(15)20)21-18(22)14-5-1-2-6-17(14)24-11-13-4-3-9-23-13/h1-2,5-8,10,13H,3-4,9,11H2,(H,21,22)/t13-/m0/s1. The van der Waals surface area contributed by atoms with Gasteiger partial charge in [0.25, 0.3) is 5.91 Å². The fourth-order valence-corrected chi connectivity index (χ4v) is 2.69. The van der Waals surface area contributed by atoms with E-state index in [0.29, 0.717) is 23.6 Å². The number of carbonyl (C=O) groups excluding carboxylic acids is 1. The van der Waals surface area contributed by atoms with Gasteiger partial charge in [0.15, 0.2) is 0 Å². The molecule has 1 fully saturated rings. The third kappa shape index (κ3) is 4.04. The Morgan fingerprint density at radius 3 is 2.92 bits per heavy atom. The quantitative estimate of drug-likeness (QED) is 0.876. The lowest BCUT2D eigenvalue weighted by molar-refractivity contribution is 0.0673. The van der Waals surface area contributed by atoms with Gasteiger partial charge in [0.2, 0.25) is 0 Å². The lowest BCUT2D eigenvalue weighted by Gasteiger charge is -2.14. The van der Waals surface area contributed by atoms with Crippen LogP contribution in [0.25, 0.3) is 0 Å². The largest absolute Gasteiger partial charge is 0.490 e. The summed E-state index contributed by atoms with van der Waals surface area (Å²) in [5.74, 6) is -0.394. The highest BCUT2D eigenvalue weighted by Crippen LogP contribution is 2.23. The Kier molecular flexibility index (Phi) is 5.33. The van der Waals surface area contributed by atoms with Gasteiger partial charge in [-0.25, -0.2) is 4.39 Å². The second-order valence-electron chi connectivity index (χ2n) is 5.53. The molecule has 1 N–H and O–H groups in total. The number of para-hydroxylation sites is 1. The van der Waals surface area contributed by atoms with Gasteiger partial charge in [0, 0.05) is 12.3 Å². The molecule has 1 saturated heterocycles. The predicted octanol–water partition coefficient (Wildman–Crippen LogP) is 4.29. The molecule has 0 aromatic heterocycles. The lowest BCUT2D eigenvalue weighted by atomic mass is 10.1. The van der Waals surface area contributed by atoms with Gasteiger partial charge < -0.3 is 14.8 Å². The zero-order valence-electron chi connectivity index (χ0n) is 12.9. The van der Waals surface area contributed by atoms with E-state index in [1.54, 1.807) is 24.3 Å². The first-order valence-electron chi connectivity index (χ1n) is 7.73. The molecule has 4 nitrogen and oxygen atoms in total. The zero-order valence-corrected chi connectivity index (χ0v) is 13.7. The smallest absolute Gasteiger partial charge is 0.259 e. The minimum absolute atomic E-state index is 0.0456. The molecule has 0 spiro atoms. The Labute approximate surface area is 144 Å². The highest BCUT2D eigenvalue weighted by atomic mass is 35.5. The van der Waals surface area contributed by atoms with Crippen LogP contribution < -0.4 is 10.1 Å². The molecule has 1 atom stereocenters. The van der Waals surface area contributed by atoms with Crippen LogP contribution in [0.1, 0.15) is 23.2 Å². The Bertz CT molecular complexity index is 732. The molecule has 1 aliphatic rings. The number of halogens is 2. The maximum atomic E-state index is 13.2. The van der Waals surface area contributed by atoms with Crippen molar-refractivity contribution in [1.29, 1.82) is 0 Å². The topological polar surface area (TPSA) is 47.6 Å². The number of hydrogen-bond acceptors (Lipinski definition) is 3. The van der Waals surface area contributed by atoms with Crippen LogP contribution in [0.2, 0.25) is 5.02 Å².